The predicted octanol–water partition coefficient (Wildman–Crippen LogP) is 0.586. The van der Waals surface area contributed by atoms with Crippen molar-refractivity contribution < 1.29 is 9.59 Å². The van der Waals surface area contributed by atoms with E-state index in [9.17, 15) is 9.59 Å². The van der Waals surface area contributed by atoms with Gasteiger partial charge in [0.15, 0.2) is 0 Å². The van der Waals surface area contributed by atoms with Crippen LogP contribution in [0.15, 0.2) is 30.3 Å². The number of carbonyl (C=O) groups excluding carboxylic acids is 2. The standard InChI is InChI=1S/C17H26N4O2.2ClH/c18-10-16(22)20-12-17(23)19-11-15-7-9-21(13-15)8-6-14-4-2-1-3-5-14;;/h1-5,15H,6-13,18H2,(H,19,23)(H,20,22);2*1H. The van der Waals surface area contributed by atoms with Crippen LogP contribution in [0.4, 0.5) is 0 Å². The summed E-state index contributed by atoms with van der Waals surface area (Å²) in [6.07, 6.45) is 2.16. The van der Waals surface area contributed by atoms with E-state index in [0.29, 0.717) is 12.5 Å². The van der Waals surface area contributed by atoms with Gasteiger partial charge in [-0.25, -0.2) is 0 Å². The van der Waals surface area contributed by atoms with E-state index < -0.39 is 0 Å². The van der Waals surface area contributed by atoms with Gasteiger partial charge in [0.1, 0.15) is 0 Å². The first kappa shape index (κ1) is 23.7. The number of benzene rings is 1. The fourth-order valence-electron chi connectivity index (χ4n) is 2.79. The van der Waals surface area contributed by atoms with Crippen LogP contribution in [-0.4, -0.2) is 56.0 Å². The molecule has 0 spiro atoms. The Kier molecular flexibility index (Phi) is 12.2. The number of nitrogens with two attached hydrogens (primary N) is 1. The molecule has 8 heteroatoms. The summed E-state index contributed by atoms with van der Waals surface area (Å²) >= 11 is 0. The molecule has 1 atom stereocenters. The Morgan fingerprint density at radius 1 is 1.12 bits per heavy atom. The smallest absolute Gasteiger partial charge is 0.239 e. The highest BCUT2D eigenvalue weighted by Gasteiger charge is 2.22. The third kappa shape index (κ3) is 9.07. The van der Waals surface area contributed by atoms with Gasteiger partial charge in [-0.15, -0.1) is 24.8 Å². The summed E-state index contributed by atoms with van der Waals surface area (Å²) in [6, 6.07) is 10.5. The monoisotopic (exact) mass is 390 g/mol. The summed E-state index contributed by atoms with van der Waals surface area (Å²) in [4.78, 5) is 25.1. The molecule has 2 rings (SSSR count). The molecule has 1 saturated heterocycles. The zero-order chi connectivity index (χ0) is 16.5. The normalized spacial score (nSPS) is 16.4. The molecule has 1 unspecified atom stereocenters. The number of halogens is 2. The summed E-state index contributed by atoms with van der Waals surface area (Å²) < 4.78 is 0. The first-order valence-electron chi connectivity index (χ1n) is 8.17. The number of nitrogens with zero attached hydrogens (tertiary/aromatic N) is 1. The molecule has 6 nitrogen and oxygen atoms in total. The maximum Gasteiger partial charge on any atom is 0.239 e. The van der Waals surface area contributed by atoms with E-state index in [0.717, 1.165) is 32.5 Å². The van der Waals surface area contributed by atoms with Gasteiger partial charge in [-0.2, -0.15) is 0 Å². The van der Waals surface area contributed by atoms with Crippen molar-refractivity contribution in [2.45, 2.75) is 12.8 Å². The van der Waals surface area contributed by atoms with Crippen molar-refractivity contribution in [2.24, 2.45) is 11.7 Å². The number of amides is 2. The van der Waals surface area contributed by atoms with Gasteiger partial charge in [-0.3, -0.25) is 9.59 Å². The van der Waals surface area contributed by atoms with E-state index in [4.69, 9.17) is 5.73 Å². The summed E-state index contributed by atoms with van der Waals surface area (Å²) in [5.74, 6) is 0.0163. The Hall–Kier alpha value is -1.34. The quantitative estimate of drug-likeness (QED) is 0.605. The second-order valence-corrected chi connectivity index (χ2v) is 5.98. The minimum atomic E-state index is -0.312. The molecule has 0 radical (unpaired) electrons. The highest BCUT2D eigenvalue weighted by atomic mass is 35.5. The topological polar surface area (TPSA) is 87.5 Å². The molecule has 1 heterocycles. The molecule has 25 heavy (non-hydrogen) atoms. The Bertz CT molecular complexity index is 517. The van der Waals surface area contributed by atoms with Gasteiger partial charge < -0.3 is 21.3 Å². The average molecular weight is 391 g/mol. The molecule has 1 aliphatic rings. The Labute approximate surface area is 161 Å². The molecule has 1 aliphatic heterocycles. The SMILES string of the molecule is Cl.Cl.NCC(=O)NCC(=O)NCC1CCN(CCc2ccccc2)C1. The molecule has 0 aliphatic carbocycles. The van der Waals surface area contributed by atoms with Crippen molar-refractivity contribution >= 4 is 36.6 Å². The van der Waals surface area contributed by atoms with Gasteiger partial charge in [0.2, 0.25) is 11.8 Å². The third-order valence-electron chi connectivity index (χ3n) is 4.15. The van der Waals surface area contributed by atoms with Crippen LogP contribution in [0.2, 0.25) is 0 Å². The van der Waals surface area contributed by atoms with E-state index in [-0.39, 0.29) is 49.7 Å². The van der Waals surface area contributed by atoms with Crippen LogP contribution in [0.3, 0.4) is 0 Å². The largest absolute Gasteiger partial charge is 0.354 e. The van der Waals surface area contributed by atoms with Crippen molar-refractivity contribution in [1.29, 1.82) is 0 Å². The molecule has 0 bridgehead atoms. The maximum atomic E-state index is 11.6. The van der Waals surface area contributed by atoms with Crippen LogP contribution >= 0.6 is 24.8 Å². The fourth-order valence-corrected chi connectivity index (χ4v) is 2.79. The lowest BCUT2D eigenvalue weighted by Crippen LogP contribution is -2.41. The molecule has 2 amide bonds. The van der Waals surface area contributed by atoms with Gasteiger partial charge >= 0.3 is 0 Å². The van der Waals surface area contributed by atoms with Crippen molar-refractivity contribution in [3.63, 3.8) is 0 Å². The third-order valence-corrected chi connectivity index (χ3v) is 4.15. The minimum Gasteiger partial charge on any atom is -0.354 e. The van der Waals surface area contributed by atoms with Gasteiger partial charge in [0.25, 0.3) is 0 Å². The minimum absolute atomic E-state index is 0. The van der Waals surface area contributed by atoms with Crippen LogP contribution in [-0.2, 0) is 16.0 Å². The zero-order valence-corrected chi connectivity index (χ0v) is 15.9. The van der Waals surface area contributed by atoms with Gasteiger partial charge in [-0.05, 0) is 30.9 Å². The Morgan fingerprint density at radius 3 is 2.52 bits per heavy atom. The van der Waals surface area contributed by atoms with Crippen LogP contribution in [0.1, 0.15) is 12.0 Å². The van der Waals surface area contributed by atoms with E-state index in [1.54, 1.807) is 0 Å². The summed E-state index contributed by atoms with van der Waals surface area (Å²) in [6.45, 7) is 3.73. The van der Waals surface area contributed by atoms with Gasteiger partial charge in [0, 0.05) is 19.6 Å². The van der Waals surface area contributed by atoms with E-state index in [1.807, 2.05) is 6.07 Å². The van der Waals surface area contributed by atoms with Crippen LogP contribution in [0.5, 0.6) is 0 Å². The van der Waals surface area contributed by atoms with Crippen LogP contribution in [0, 0.1) is 5.92 Å². The molecular weight excluding hydrogens is 363 g/mol. The molecule has 0 aromatic heterocycles. The number of nitrogens with one attached hydrogen (secondary N) is 2. The molecular formula is C17H28Cl2N4O2. The lowest BCUT2D eigenvalue weighted by molar-refractivity contribution is -0.125. The first-order valence-corrected chi connectivity index (χ1v) is 8.17. The Balaban J connectivity index is 0.00000288. The Morgan fingerprint density at radius 2 is 1.84 bits per heavy atom. The number of carbonyl (C=O) groups is 2. The maximum absolute atomic E-state index is 11.6. The predicted molar refractivity (Wildman–Crippen MR) is 104 cm³/mol. The zero-order valence-electron chi connectivity index (χ0n) is 14.3. The van der Waals surface area contributed by atoms with Crippen LogP contribution in [0.25, 0.3) is 0 Å². The van der Waals surface area contributed by atoms with Crippen molar-refractivity contribution in [2.75, 3.05) is 39.3 Å². The molecule has 142 valence electrons. The molecule has 1 aromatic carbocycles. The molecule has 4 N–H and O–H groups in total. The second kappa shape index (κ2) is 12.9. The lowest BCUT2D eigenvalue weighted by atomic mass is 10.1. The highest BCUT2D eigenvalue weighted by molar-refractivity contribution is 5.86. The first-order chi connectivity index (χ1) is 11.2. The number of rotatable bonds is 8. The molecule has 1 aromatic rings. The average Bonchev–Trinajstić information content (AvgIpc) is 3.05. The van der Waals surface area contributed by atoms with Crippen molar-refractivity contribution in [3.8, 4) is 0 Å². The van der Waals surface area contributed by atoms with Gasteiger partial charge in [-0.1, -0.05) is 30.3 Å². The summed E-state index contributed by atoms with van der Waals surface area (Å²) in [7, 11) is 0. The summed E-state index contributed by atoms with van der Waals surface area (Å²) in [5, 5.41) is 5.35. The fraction of sp³-hybridized carbons (Fsp3) is 0.529. The van der Waals surface area contributed by atoms with E-state index >= 15 is 0 Å². The van der Waals surface area contributed by atoms with Crippen molar-refractivity contribution in [3.05, 3.63) is 35.9 Å². The lowest BCUT2D eigenvalue weighted by Gasteiger charge is -2.16. The summed E-state index contributed by atoms with van der Waals surface area (Å²) in [5.41, 5.74) is 6.53. The number of hydrogen-bond acceptors (Lipinski definition) is 4. The van der Waals surface area contributed by atoms with E-state index in [1.165, 1.54) is 5.56 Å². The highest BCUT2D eigenvalue weighted by Crippen LogP contribution is 2.15. The van der Waals surface area contributed by atoms with Crippen LogP contribution < -0.4 is 16.4 Å². The molecule has 0 saturated carbocycles. The van der Waals surface area contributed by atoms with Crippen molar-refractivity contribution in [1.82, 2.24) is 15.5 Å². The number of hydrogen-bond donors (Lipinski definition) is 3. The van der Waals surface area contributed by atoms with E-state index in [2.05, 4.69) is 39.8 Å². The second-order valence-electron chi connectivity index (χ2n) is 5.98. The van der Waals surface area contributed by atoms with Gasteiger partial charge in [0.05, 0.1) is 13.1 Å². The number of likely N-dealkylation sites (tertiary alicyclic amines) is 1. The molecule has 1 fully saturated rings.